The number of allylic oxidation sites excluding steroid dienone is 1. The van der Waals surface area contributed by atoms with E-state index in [1.54, 1.807) is 37.3 Å². The number of ether oxygens (including phenoxy) is 3. The minimum absolute atomic E-state index is 0.121. The number of esters is 1. The Morgan fingerprint density at radius 3 is 2.74 bits per heavy atom. The summed E-state index contributed by atoms with van der Waals surface area (Å²) in [6.07, 6.45) is 0.347. The van der Waals surface area contributed by atoms with Crippen LogP contribution in [0.15, 0.2) is 51.1 Å². The third-order valence-corrected chi connectivity index (χ3v) is 4.85. The lowest BCUT2D eigenvalue weighted by Crippen LogP contribution is -2.45. The number of urea groups is 1. The molecule has 0 fully saturated rings. The number of furan rings is 1. The van der Waals surface area contributed by atoms with E-state index < -0.39 is 24.3 Å². The Hall–Kier alpha value is -3.99. The molecule has 2 atom stereocenters. The van der Waals surface area contributed by atoms with E-state index in [-0.39, 0.29) is 12.2 Å². The van der Waals surface area contributed by atoms with Crippen molar-refractivity contribution in [3.8, 4) is 11.5 Å². The van der Waals surface area contributed by atoms with E-state index in [1.807, 2.05) is 13.8 Å². The molecule has 0 aliphatic carbocycles. The van der Waals surface area contributed by atoms with Crippen LogP contribution in [0.4, 0.5) is 4.79 Å². The van der Waals surface area contributed by atoms with Crippen LogP contribution < -0.4 is 25.5 Å². The van der Waals surface area contributed by atoms with Gasteiger partial charge in [-0.15, -0.1) is 0 Å². The highest BCUT2D eigenvalue weighted by Gasteiger charge is 2.32. The van der Waals surface area contributed by atoms with Gasteiger partial charge >= 0.3 is 12.0 Å². The molecule has 1 aliphatic rings. The molecule has 2 heterocycles. The zero-order chi connectivity index (χ0) is 24.7. The first-order chi connectivity index (χ1) is 16.3. The van der Waals surface area contributed by atoms with E-state index in [0.717, 1.165) is 5.76 Å². The molecule has 11 heteroatoms. The van der Waals surface area contributed by atoms with Gasteiger partial charge in [-0.3, -0.25) is 5.43 Å². The molecule has 4 N–H and O–H groups in total. The molecular formula is C23H28N4O7. The zero-order valence-electron chi connectivity index (χ0n) is 19.4. The summed E-state index contributed by atoms with van der Waals surface area (Å²) in [6, 6.07) is 7.39. The first-order valence-electron chi connectivity index (χ1n) is 10.6. The molecule has 0 saturated heterocycles. The Kier molecular flexibility index (Phi) is 8.14. The fraction of sp³-hybridized carbons (Fsp3) is 0.348. The second kappa shape index (κ2) is 11.2. The highest BCUT2D eigenvalue weighted by Crippen LogP contribution is 2.34. The molecule has 1 aromatic carbocycles. The van der Waals surface area contributed by atoms with E-state index in [0.29, 0.717) is 35.1 Å². The van der Waals surface area contributed by atoms with Gasteiger partial charge in [0.2, 0.25) is 0 Å². The van der Waals surface area contributed by atoms with Crippen molar-refractivity contribution in [2.75, 3.05) is 20.3 Å². The van der Waals surface area contributed by atoms with Gasteiger partial charge in [0.25, 0.3) is 0 Å². The normalized spacial score (nSPS) is 16.6. The van der Waals surface area contributed by atoms with Crippen LogP contribution in [0.25, 0.3) is 0 Å². The number of hydrogen-bond acceptors (Lipinski definition) is 9. The average molecular weight is 472 g/mol. The predicted octanol–water partition coefficient (Wildman–Crippen LogP) is 2.11. The molecule has 3 rings (SSSR count). The van der Waals surface area contributed by atoms with E-state index in [2.05, 4.69) is 21.2 Å². The number of benzene rings is 1. The monoisotopic (exact) mass is 472 g/mol. The van der Waals surface area contributed by atoms with Gasteiger partial charge < -0.3 is 34.4 Å². The second-order valence-electron chi connectivity index (χ2n) is 7.36. The SMILES string of the molecule is CCOc1cc([C@H]2NC(=O)NC(C)=C2C(=O)OC)ccc1OC[C@@H](O)N/N=C\c1ccc(C)o1. The first-order valence-corrected chi connectivity index (χ1v) is 10.6. The van der Waals surface area contributed by atoms with Crippen LogP contribution in [0, 0.1) is 6.92 Å². The van der Waals surface area contributed by atoms with Crippen molar-refractivity contribution >= 4 is 18.2 Å². The molecule has 1 aromatic heterocycles. The van der Waals surface area contributed by atoms with Crippen LogP contribution in [0.2, 0.25) is 0 Å². The first kappa shape index (κ1) is 24.6. The maximum Gasteiger partial charge on any atom is 0.337 e. The summed E-state index contributed by atoms with van der Waals surface area (Å²) in [5.74, 6) is 1.50. The summed E-state index contributed by atoms with van der Waals surface area (Å²) in [4.78, 5) is 24.4. The van der Waals surface area contributed by atoms with Gasteiger partial charge in [0.1, 0.15) is 18.1 Å². The molecule has 2 aromatic rings. The Balaban J connectivity index is 1.72. The van der Waals surface area contributed by atoms with Gasteiger partial charge in [0.15, 0.2) is 17.7 Å². The molecular weight excluding hydrogens is 444 g/mol. The van der Waals surface area contributed by atoms with Crippen molar-refractivity contribution in [1.82, 2.24) is 16.1 Å². The summed E-state index contributed by atoms with van der Waals surface area (Å²) >= 11 is 0. The predicted molar refractivity (Wildman–Crippen MR) is 122 cm³/mol. The van der Waals surface area contributed by atoms with E-state index in [1.165, 1.54) is 13.3 Å². The van der Waals surface area contributed by atoms with Gasteiger partial charge in [-0.25, -0.2) is 9.59 Å². The van der Waals surface area contributed by atoms with Crippen LogP contribution in [0.5, 0.6) is 11.5 Å². The Labute approximate surface area is 196 Å². The second-order valence-corrected chi connectivity index (χ2v) is 7.36. The number of methoxy groups -OCH3 is 1. The summed E-state index contributed by atoms with van der Waals surface area (Å²) in [5.41, 5.74) is 3.83. The number of hydrogen-bond donors (Lipinski definition) is 4. The van der Waals surface area contributed by atoms with Crippen molar-refractivity contribution in [3.05, 3.63) is 58.7 Å². The molecule has 0 radical (unpaired) electrons. The number of carbonyl (C=O) groups is 2. The van der Waals surface area contributed by atoms with Crippen LogP contribution >= 0.6 is 0 Å². The lowest BCUT2D eigenvalue weighted by Gasteiger charge is -2.28. The molecule has 0 saturated carbocycles. The molecule has 182 valence electrons. The molecule has 1 aliphatic heterocycles. The summed E-state index contributed by atoms with van der Waals surface area (Å²) in [7, 11) is 1.28. The van der Waals surface area contributed by atoms with Gasteiger partial charge in [-0.1, -0.05) is 6.07 Å². The zero-order valence-corrected chi connectivity index (χ0v) is 19.4. The number of rotatable bonds is 10. The Bertz CT molecular complexity index is 1090. The molecule has 0 bridgehead atoms. The largest absolute Gasteiger partial charge is 0.490 e. The lowest BCUT2D eigenvalue weighted by atomic mass is 9.95. The van der Waals surface area contributed by atoms with Crippen LogP contribution in [0.1, 0.15) is 37.0 Å². The number of carbonyl (C=O) groups excluding carboxylic acids is 2. The fourth-order valence-electron chi connectivity index (χ4n) is 3.33. The quantitative estimate of drug-likeness (QED) is 0.178. The molecule has 2 amide bonds. The average Bonchev–Trinajstić information content (AvgIpc) is 3.22. The topological polar surface area (TPSA) is 144 Å². The van der Waals surface area contributed by atoms with E-state index in [9.17, 15) is 14.7 Å². The van der Waals surface area contributed by atoms with Crippen molar-refractivity contribution in [3.63, 3.8) is 0 Å². The lowest BCUT2D eigenvalue weighted by molar-refractivity contribution is -0.136. The number of nitrogens with zero attached hydrogens (tertiary/aromatic N) is 1. The number of hydrazone groups is 1. The smallest absolute Gasteiger partial charge is 0.337 e. The summed E-state index contributed by atoms with van der Waals surface area (Å²) in [5, 5.41) is 19.3. The van der Waals surface area contributed by atoms with Crippen molar-refractivity contribution in [1.29, 1.82) is 0 Å². The fourth-order valence-corrected chi connectivity index (χ4v) is 3.33. The van der Waals surface area contributed by atoms with E-state index >= 15 is 0 Å². The van der Waals surface area contributed by atoms with Crippen molar-refractivity contribution < 1.29 is 33.3 Å². The Morgan fingerprint density at radius 1 is 1.26 bits per heavy atom. The highest BCUT2D eigenvalue weighted by atomic mass is 16.5. The van der Waals surface area contributed by atoms with Gasteiger partial charge in [-0.2, -0.15) is 5.10 Å². The third kappa shape index (κ3) is 6.07. The number of aliphatic hydroxyl groups is 1. The van der Waals surface area contributed by atoms with Gasteiger partial charge in [-0.05, 0) is 50.6 Å². The highest BCUT2D eigenvalue weighted by molar-refractivity contribution is 5.95. The Morgan fingerprint density at radius 2 is 2.06 bits per heavy atom. The summed E-state index contributed by atoms with van der Waals surface area (Å²) in [6.45, 7) is 5.49. The van der Waals surface area contributed by atoms with E-state index in [4.69, 9.17) is 18.6 Å². The van der Waals surface area contributed by atoms with Crippen LogP contribution in [0.3, 0.4) is 0 Å². The van der Waals surface area contributed by atoms with Crippen molar-refractivity contribution in [2.24, 2.45) is 5.10 Å². The minimum Gasteiger partial charge on any atom is -0.490 e. The molecule has 34 heavy (non-hydrogen) atoms. The number of amides is 2. The van der Waals surface area contributed by atoms with Crippen LogP contribution in [-0.2, 0) is 9.53 Å². The number of aliphatic hydroxyl groups excluding tert-OH is 1. The molecule has 11 nitrogen and oxygen atoms in total. The standard InChI is InChI=1S/C23H28N4O7/c1-5-32-18-10-15(21-20(22(29)31-4)14(3)25-23(30)26-21)7-9-17(18)33-12-19(28)27-24-11-16-8-6-13(2)34-16/h6-11,19,21,27-28H,5,12H2,1-4H3,(H2,25,26,30)/b24-11-/t19-,21-/m1/s1. The third-order valence-electron chi connectivity index (χ3n) is 4.85. The van der Waals surface area contributed by atoms with Crippen LogP contribution in [-0.4, -0.2) is 49.9 Å². The number of nitrogens with one attached hydrogen (secondary N) is 3. The molecule has 0 unspecified atom stereocenters. The maximum atomic E-state index is 12.3. The van der Waals surface area contributed by atoms with Gasteiger partial charge in [0, 0.05) is 5.70 Å². The molecule has 0 spiro atoms. The number of aryl methyl sites for hydroxylation is 1. The van der Waals surface area contributed by atoms with Crippen molar-refractivity contribution in [2.45, 2.75) is 33.0 Å². The maximum absolute atomic E-state index is 12.3. The summed E-state index contributed by atoms with van der Waals surface area (Å²) < 4.78 is 21.6. The van der Waals surface area contributed by atoms with Gasteiger partial charge in [0.05, 0.1) is 31.5 Å². The minimum atomic E-state index is -1.10.